The van der Waals surface area contributed by atoms with Gasteiger partial charge in [0.2, 0.25) is 0 Å². The van der Waals surface area contributed by atoms with E-state index >= 15 is 0 Å². The van der Waals surface area contributed by atoms with E-state index in [1.807, 2.05) is 18.0 Å². The van der Waals surface area contributed by atoms with Crippen LogP contribution in [0.5, 0.6) is 0 Å². The largest absolute Gasteiger partial charge is 0.478 e. The number of H-pyrrole nitrogens is 1. The third-order valence-electron chi connectivity index (χ3n) is 5.08. The Morgan fingerprint density at radius 2 is 2.10 bits per heavy atom. The van der Waals surface area contributed by atoms with Crippen LogP contribution < -0.4 is 0 Å². The summed E-state index contributed by atoms with van der Waals surface area (Å²) in [6.45, 7) is 6.89. The standard InChI is InChI=1S/C21H24N4O3S2/c1-14-18(22-5-4-19(14)29-11-8-25-6-9-28-10-7-25)13-30-21-23-16-3-2-15(20(26)27)12-17(16)24-21/h2-5,12H,6-11,13H2,1H3,(H,23,24)(H,26,27). The SMILES string of the molecule is Cc1c(SCCN2CCOCC2)ccnc1CSc1nc2ccc(C(=O)O)cc2[nH]1. The lowest BCUT2D eigenvalue weighted by Crippen LogP contribution is -2.37. The summed E-state index contributed by atoms with van der Waals surface area (Å²) in [5, 5.41) is 9.90. The maximum Gasteiger partial charge on any atom is 0.335 e. The van der Waals surface area contributed by atoms with E-state index in [9.17, 15) is 4.79 Å². The van der Waals surface area contributed by atoms with Crippen molar-refractivity contribution in [1.29, 1.82) is 0 Å². The number of fused-ring (bicyclic) bond motifs is 1. The monoisotopic (exact) mass is 444 g/mol. The fraction of sp³-hybridized carbons (Fsp3) is 0.381. The number of aromatic nitrogens is 3. The van der Waals surface area contributed by atoms with Crippen molar-refractivity contribution in [3.05, 3.63) is 47.3 Å². The van der Waals surface area contributed by atoms with Crippen LogP contribution in [0.4, 0.5) is 0 Å². The van der Waals surface area contributed by atoms with Gasteiger partial charge in [-0.3, -0.25) is 9.88 Å². The molecule has 158 valence electrons. The highest BCUT2D eigenvalue weighted by Gasteiger charge is 2.13. The molecule has 2 N–H and O–H groups in total. The van der Waals surface area contributed by atoms with Gasteiger partial charge in [0.25, 0.3) is 0 Å². The number of carboxylic acids is 1. The quantitative estimate of drug-likeness (QED) is 0.509. The Bertz CT molecular complexity index is 1030. The van der Waals surface area contributed by atoms with Crippen LogP contribution in [0.3, 0.4) is 0 Å². The maximum atomic E-state index is 11.1. The van der Waals surface area contributed by atoms with Crippen molar-refractivity contribution in [2.45, 2.75) is 22.7 Å². The van der Waals surface area contributed by atoms with Gasteiger partial charge in [-0.2, -0.15) is 0 Å². The molecule has 0 unspecified atom stereocenters. The number of hydrogen-bond donors (Lipinski definition) is 2. The van der Waals surface area contributed by atoms with Gasteiger partial charge < -0.3 is 14.8 Å². The number of thioether (sulfide) groups is 2. The van der Waals surface area contributed by atoms with E-state index < -0.39 is 5.97 Å². The molecule has 2 aromatic heterocycles. The Hall–Kier alpha value is -2.07. The molecular formula is C21H24N4O3S2. The van der Waals surface area contributed by atoms with Crippen LogP contribution in [0.2, 0.25) is 0 Å². The van der Waals surface area contributed by atoms with E-state index in [1.165, 1.54) is 10.5 Å². The Morgan fingerprint density at radius 1 is 1.27 bits per heavy atom. The summed E-state index contributed by atoms with van der Waals surface area (Å²) in [7, 11) is 0. The first-order valence-corrected chi connectivity index (χ1v) is 11.8. The minimum atomic E-state index is -0.941. The van der Waals surface area contributed by atoms with Crippen LogP contribution >= 0.6 is 23.5 Å². The second-order valence-corrected chi connectivity index (χ2v) is 9.15. The van der Waals surface area contributed by atoms with E-state index in [4.69, 9.17) is 9.84 Å². The van der Waals surface area contributed by atoms with Crippen LogP contribution in [0.25, 0.3) is 11.0 Å². The molecule has 0 amide bonds. The minimum Gasteiger partial charge on any atom is -0.478 e. The second-order valence-electron chi connectivity index (χ2n) is 7.05. The molecule has 1 fully saturated rings. The first-order valence-electron chi connectivity index (χ1n) is 9.83. The number of nitrogens with zero attached hydrogens (tertiary/aromatic N) is 3. The predicted octanol–water partition coefficient (Wildman–Crippen LogP) is 3.68. The van der Waals surface area contributed by atoms with Crippen molar-refractivity contribution in [3.8, 4) is 0 Å². The normalized spacial score (nSPS) is 15.0. The summed E-state index contributed by atoms with van der Waals surface area (Å²) in [5.41, 5.74) is 4.00. The first-order chi connectivity index (χ1) is 14.6. The van der Waals surface area contributed by atoms with Gasteiger partial charge in [0.15, 0.2) is 5.16 Å². The van der Waals surface area contributed by atoms with E-state index in [0.717, 1.165) is 60.5 Å². The number of carbonyl (C=O) groups is 1. The molecule has 7 nitrogen and oxygen atoms in total. The van der Waals surface area contributed by atoms with Crippen molar-refractivity contribution in [3.63, 3.8) is 0 Å². The number of morpholine rings is 1. The van der Waals surface area contributed by atoms with Crippen molar-refractivity contribution in [1.82, 2.24) is 19.9 Å². The van der Waals surface area contributed by atoms with E-state index in [1.54, 1.807) is 30.0 Å². The number of ether oxygens (including phenoxy) is 1. The van der Waals surface area contributed by atoms with Gasteiger partial charge in [0, 0.05) is 42.2 Å². The molecule has 1 saturated heterocycles. The van der Waals surface area contributed by atoms with Gasteiger partial charge >= 0.3 is 5.97 Å². The highest BCUT2D eigenvalue weighted by Crippen LogP contribution is 2.28. The zero-order valence-corrected chi connectivity index (χ0v) is 18.4. The Kier molecular flexibility index (Phi) is 6.93. The van der Waals surface area contributed by atoms with Crippen LogP contribution in [0, 0.1) is 6.92 Å². The smallest absolute Gasteiger partial charge is 0.335 e. The van der Waals surface area contributed by atoms with Crippen LogP contribution in [-0.2, 0) is 10.5 Å². The molecule has 0 saturated carbocycles. The minimum absolute atomic E-state index is 0.252. The summed E-state index contributed by atoms with van der Waals surface area (Å²) in [4.78, 5) is 27.2. The molecule has 0 aliphatic carbocycles. The number of pyridine rings is 1. The Balaban J connectivity index is 1.37. The number of aromatic amines is 1. The van der Waals surface area contributed by atoms with Gasteiger partial charge in [-0.05, 0) is 36.8 Å². The highest BCUT2D eigenvalue weighted by molar-refractivity contribution is 7.99. The fourth-order valence-electron chi connectivity index (χ4n) is 3.29. The molecule has 3 aromatic rings. The van der Waals surface area contributed by atoms with Gasteiger partial charge in [-0.25, -0.2) is 9.78 Å². The lowest BCUT2D eigenvalue weighted by atomic mass is 10.2. The summed E-state index contributed by atoms with van der Waals surface area (Å²) in [6, 6.07) is 7.00. The van der Waals surface area contributed by atoms with Gasteiger partial charge in [-0.15, -0.1) is 11.8 Å². The Morgan fingerprint density at radius 3 is 2.90 bits per heavy atom. The van der Waals surface area contributed by atoms with E-state index in [-0.39, 0.29) is 5.56 Å². The lowest BCUT2D eigenvalue weighted by Gasteiger charge is -2.26. The molecule has 1 aliphatic heterocycles. The average Bonchev–Trinajstić information content (AvgIpc) is 3.17. The predicted molar refractivity (Wildman–Crippen MR) is 120 cm³/mol. The van der Waals surface area contributed by atoms with Crippen LogP contribution in [0.1, 0.15) is 21.6 Å². The van der Waals surface area contributed by atoms with Crippen molar-refractivity contribution < 1.29 is 14.6 Å². The molecule has 1 aromatic carbocycles. The molecular weight excluding hydrogens is 420 g/mol. The van der Waals surface area contributed by atoms with Gasteiger partial charge in [-0.1, -0.05) is 11.8 Å². The lowest BCUT2D eigenvalue weighted by molar-refractivity contribution is 0.0410. The Labute approximate surface area is 183 Å². The average molecular weight is 445 g/mol. The summed E-state index contributed by atoms with van der Waals surface area (Å²) < 4.78 is 5.41. The summed E-state index contributed by atoms with van der Waals surface area (Å²) >= 11 is 3.45. The number of benzene rings is 1. The molecule has 0 bridgehead atoms. The molecule has 4 rings (SSSR count). The number of rotatable bonds is 8. The molecule has 9 heteroatoms. The number of carboxylic acid groups (broad SMARTS) is 1. The first kappa shape index (κ1) is 21.2. The molecule has 30 heavy (non-hydrogen) atoms. The third kappa shape index (κ3) is 5.15. The van der Waals surface area contributed by atoms with Gasteiger partial charge in [0.05, 0.1) is 35.5 Å². The van der Waals surface area contributed by atoms with Crippen LogP contribution in [0.15, 0.2) is 40.5 Å². The second kappa shape index (κ2) is 9.82. The molecule has 3 heterocycles. The van der Waals surface area contributed by atoms with Crippen molar-refractivity contribution >= 4 is 40.5 Å². The zero-order valence-electron chi connectivity index (χ0n) is 16.8. The van der Waals surface area contributed by atoms with Crippen molar-refractivity contribution in [2.75, 3.05) is 38.6 Å². The number of imidazole rings is 1. The topological polar surface area (TPSA) is 91.3 Å². The highest BCUT2D eigenvalue weighted by atomic mass is 32.2. The molecule has 0 radical (unpaired) electrons. The number of aromatic carboxylic acids is 1. The van der Waals surface area contributed by atoms with E-state index in [0.29, 0.717) is 5.75 Å². The van der Waals surface area contributed by atoms with E-state index in [2.05, 4.69) is 32.8 Å². The van der Waals surface area contributed by atoms with Crippen LogP contribution in [-0.4, -0.2) is 69.5 Å². The van der Waals surface area contributed by atoms with Gasteiger partial charge in [0.1, 0.15) is 0 Å². The zero-order chi connectivity index (χ0) is 20.9. The summed E-state index contributed by atoms with van der Waals surface area (Å²) in [5.74, 6) is 0.811. The fourth-order valence-corrected chi connectivity index (χ4v) is 5.26. The number of nitrogens with one attached hydrogen (secondary N) is 1. The third-order valence-corrected chi connectivity index (χ3v) is 7.10. The molecule has 0 atom stereocenters. The van der Waals surface area contributed by atoms with Crippen molar-refractivity contribution in [2.24, 2.45) is 0 Å². The molecule has 1 aliphatic rings. The summed E-state index contributed by atoms with van der Waals surface area (Å²) in [6.07, 6.45) is 1.87. The maximum absolute atomic E-state index is 11.1. The molecule has 0 spiro atoms. The number of hydrogen-bond acceptors (Lipinski definition) is 7.